The highest BCUT2D eigenvalue weighted by molar-refractivity contribution is 7.12. The Morgan fingerprint density at radius 1 is 1.00 bits per heavy atom. The predicted molar refractivity (Wildman–Crippen MR) is 118 cm³/mol. The summed E-state index contributed by atoms with van der Waals surface area (Å²) in [5.41, 5.74) is 2.88. The van der Waals surface area contributed by atoms with E-state index in [-0.39, 0.29) is 17.9 Å². The van der Waals surface area contributed by atoms with Crippen molar-refractivity contribution in [3.63, 3.8) is 0 Å². The van der Waals surface area contributed by atoms with E-state index in [1.54, 1.807) is 42.9 Å². The number of aromatic nitrogens is 2. The molecule has 2 N–H and O–H groups in total. The number of anilines is 1. The predicted octanol–water partition coefficient (Wildman–Crippen LogP) is 4.68. The maximum absolute atomic E-state index is 12.9. The number of carbonyl (C=O) groups is 2. The van der Waals surface area contributed by atoms with E-state index in [1.165, 1.54) is 11.3 Å². The lowest BCUT2D eigenvalue weighted by Gasteiger charge is -2.17. The van der Waals surface area contributed by atoms with E-state index in [0.29, 0.717) is 16.1 Å². The molecule has 0 aliphatic rings. The smallest absolute Gasteiger partial charge is 0.265 e. The van der Waals surface area contributed by atoms with Gasteiger partial charge in [-0.1, -0.05) is 30.3 Å². The molecule has 2 aromatic carbocycles. The van der Waals surface area contributed by atoms with Crippen LogP contribution < -0.4 is 10.6 Å². The number of imidazole rings is 1. The minimum absolute atomic E-state index is 0.199. The summed E-state index contributed by atoms with van der Waals surface area (Å²) in [7, 11) is 0. The molecule has 4 rings (SSSR count). The summed E-state index contributed by atoms with van der Waals surface area (Å²) in [5, 5.41) is 7.68. The van der Waals surface area contributed by atoms with E-state index in [2.05, 4.69) is 15.6 Å². The van der Waals surface area contributed by atoms with Crippen LogP contribution in [0.4, 0.5) is 5.69 Å². The van der Waals surface area contributed by atoms with Gasteiger partial charge >= 0.3 is 0 Å². The number of hydrogen-bond donors (Lipinski definition) is 2. The number of amides is 2. The summed E-state index contributed by atoms with van der Waals surface area (Å²) in [6.45, 7) is 1.93. The molecule has 6 nitrogen and oxygen atoms in total. The maximum Gasteiger partial charge on any atom is 0.265 e. The van der Waals surface area contributed by atoms with E-state index >= 15 is 0 Å². The van der Waals surface area contributed by atoms with Gasteiger partial charge in [0.15, 0.2) is 0 Å². The third kappa shape index (κ3) is 4.31. The number of thiophene rings is 1. The maximum atomic E-state index is 12.9. The number of nitrogens with one attached hydrogen (secondary N) is 2. The number of nitrogens with zero attached hydrogens (tertiary/aromatic N) is 2. The van der Waals surface area contributed by atoms with Gasteiger partial charge in [-0.3, -0.25) is 9.59 Å². The Balaban J connectivity index is 1.46. The number of carbonyl (C=O) groups excluding carboxylic acids is 2. The van der Waals surface area contributed by atoms with Crippen LogP contribution in [0.2, 0.25) is 0 Å². The summed E-state index contributed by atoms with van der Waals surface area (Å²) in [5.74, 6) is -0.475. The Morgan fingerprint density at radius 3 is 2.50 bits per heavy atom. The third-order valence-corrected chi connectivity index (χ3v) is 5.58. The van der Waals surface area contributed by atoms with Crippen molar-refractivity contribution >= 4 is 28.8 Å². The van der Waals surface area contributed by atoms with Gasteiger partial charge in [-0.2, -0.15) is 0 Å². The molecule has 0 spiro atoms. The van der Waals surface area contributed by atoms with Crippen LogP contribution in [0.5, 0.6) is 0 Å². The fraction of sp³-hybridized carbons (Fsp3) is 0.0870. The molecule has 30 heavy (non-hydrogen) atoms. The Bertz CT molecular complexity index is 1140. The molecule has 0 unspecified atom stereocenters. The van der Waals surface area contributed by atoms with E-state index < -0.39 is 0 Å². The lowest BCUT2D eigenvalue weighted by Crippen LogP contribution is -2.28. The Morgan fingerprint density at radius 2 is 1.80 bits per heavy atom. The lowest BCUT2D eigenvalue weighted by atomic mass is 10.1. The van der Waals surface area contributed by atoms with Crippen molar-refractivity contribution in [2.24, 2.45) is 0 Å². The van der Waals surface area contributed by atoms with Crippen LogP contribution in [0.1, 0.15) is 38.6 Å². The first-order chi connectivity index (χ1) is 14.6. The molecular formula is C23H20N4O2S. The zero-order valence-electron chi connectivity index (χ0n) is 16.3. The van der Waals surface area contributed by atoms with Gasteiger partial charge in [0.1, 0.15) is 0 Å². The van der Waals surface area contributed by atoms with Gasteiger partial charge in [0.05, 0.1) is 28.5 Å². The quantitative estimate of drug-likeness (QED) is 0.479. The molecule has 2 heterocycles. The second-order valence-electron chi connectivity index (χ2n) is 6.73. The first kappa shape index (κ1) is 19.6. The fourth-order valence-corrected chi connectivity index (χ4v) is 3.71. The van der Waals surface area contributed by atoms with Crippen molar-refractivity contribution in [1.29, 1.82) is 0 Å². The average Bonchev–Trinajstić information content (AvgIpc) is 3.48. The van der Waals surface area contributed by atoms with Crippen molar-refractivity contribution in [2.45, 2.75) is 13.0 Å². The molecule has 150 valence electrons. The molecule has 1 atom stereocenters. The van der Waals surface area contributed by atoms with Crippen molar-refractivity contribution < 1.29 is 9.59 Å². The van der Waals surface area contributed by atoms with Gasteiger partial charge in [-0.05, 0) is 48.2 Å². The normalized spacial score (nSPS) is 11.6. The van der Waals surface area contributed by atoms with Gasteiger partial charge in [0, 0.05) is 18.1 Å². The molecule has 0 fully saturated rings. The zero-order valence-corrected chi connectivity index (χ0v) is 17.1. The summed E-state index contributed by atoms with van der Waals surface area (Å²) < 4.78 is 1.92. The van der Waals surface area contributed by atoms with Gasteiger partial charge in [-0.25, -0.2) is 4.98 Å². The van der Waals surface area contributed by atoms with E-state index in [9.17, 15) is 9.59 Å². The van der Waals surface area contributed by atoms with E-state index in [1.807, 2.05) is 53.4 Å². The van der Waals surface area contributed by atoms with Crippen LogP contribution >= 0.6 is 11.3 Å². The average molecular weight is 417 g/mol. The van der Waals surface area contributed by atoms with Crippen molar-refractivity contribution in [2.75, 3.05) is 5.32 Å². The lowest BCUT2D eigenvalue weighted by molar-refractivity contribution is 0.0941. The van der Waals surface area contributed by atoms with E-state index in [0.717, 1.165) is 11.3 Å². The van der Waals surface area contributed by atoms with Crippen molar-refractivity contribution in [3.8, 4) is 5.69 Å². The van der Waals surface area contributed by atoms with Gasteiger partial charge < -0.3 is 15.2 Å². The standard InChI is InChI=1S/C23H20N4O2S/c1-16(17-8-10-18(11-9-17)27-13-12-24-15-27)25-22(28)19-5-2-3-6-20(19)26-23(29)21-7-4-14-30-21/h2-16H,1H3,(H,25,28)(H,26,29)/t16-/m0/s1. The highest BCUT2D eigenvalue weighted by Gasteiger charge is 2.17. The summed E-state index contributed by atoms with van der Waals surface area (Å²) >= 11 is 1.35. The van der Waals surface area contributed by atoms with Crippen molar-refractivity contribution in [1.82, 2.24) is 14.9 Å². The largest absolute Gasteiger partial charge is 0.345 e. The van der Waals surface area contributed by atoms with Crippen LogP contribution in [0.3, 0.4) is 0 Å². The second kappa shape index (κ2) is 8.75. The molecule has 0 aliphatic carbocycles. The summed E-state index contributed by atoms with van der Waals surface area (Å²) in [6.07, 6.45) is 5.34. The molecule has 2 amide bonds. The Labute approximate surface area is 178 Å². The first-order valence-electron chi connectivity index (χ1n) is 9.45. The monoisotopic (exact) mass is 416 g/mol. The van der Waals surface area contributed by atoms with Crippen LogP contribution in [-0.4, -0.2) is 21.4 Å². The third-order valence-electron chi connectivity index (χ3n) is 4.71. The van der Waals surface area contributed by atoms with Gasteiger partial charge in [0.25, 0.3) is 11.8 Å². The Hall–Kier alpha value is -3.71. The highest BCUT2D eigenvalue weighted by Crippen LogP contribution is 2.20. The van der Waals surface area contributed by atoms with Gasteiger partial charge in [0.2, 0.25) is 0 Å². The fourth-order valence-electron chi connectivity index (χ4n) is 3.09. The number of rotatable bonds is 6. The molecule has 0 bridgehead atoms. The Kier molecular flexibility index (Phi) is 5.72. The zero-order chi connectivity index (χ0) is 20.9. The molecule has 2 aromatic heterocycles. The van der Waals surface area contributed by atoms with Crippen LogP contribution in [0.15, 0.2) is 84.8 Å². The van der Waals surface area contributed by atoms with Crippen LogP contribution in [0, 0.1) is 0 Å². The minimum Gasteiger partial charge on any atom is -0.345 e. The molecule has 0 radical (unpaired) electrons. The first-order valence-corrected chi connectivity index (χ1v) is 10.3. The summed E-state index contributed by atoms with van der Waals surface area (Å²) in [4.78, 5) is 29.9. The number of para-hydroxylation sites is 1. The molecule has 0 saturated heterocycles. The molecule has 7 heteroatoms. The van der Waals surface area contributed by atoms with E-state index in [4.69, 9.17) is 0 Å². The molecule has 0 aliphatic heterocycles. The SMILES string of the molecule is C[C@H](NC(=O)c1ccccc1NC(=O)c1cccs1)c1ccc(-n2ccnc2)cc1. The number of hydrogen-bond acceptors (Lipinski definition) is 4. The number of benzene rings is 2. The second-order valence-corrected chi connectivity index (χ2v) is 7.68. The highest BCUT2D eigenvalue weighted by atomic mass is 32.1. The van der Waals surface area contributed by atoms with Crippen LogP contribution in [0.25, 0.3) is 5.69 Å². The van der Waals surface area contributed by atoms with Crippen LogP contribution in [-0.2, 0) is 0 Å². The molecule has 4 aromatic rings. The topological polar surface area (TPSA) is 76.0 Å². The minimum atomic E-state index is -0.247. The van der Waals surface area contributed by atoms with Crippen molar-refractivity contribution in [3.05, 3.63) is 101 Å². The summed E-state index contributed by atoms with van der Waals surface area (Å²) in [6, 6.07) is 18.3. The molecular weight excluding hydrogens is 396 g/mol. The molecule has 0 saturated carbocycles. The van der Waals surface area contributed by atoms with Gasteiger partial charge in [-0.15, -0.1) is 11.3 Å².